The lowest BCUT2D eigenvalue weighted by Crippen LogP contribution is -2.47. The van der Waals surface area contributed by atoms with Gasteiger partial charge in [-0.1, -0.05) is 26.7 Å². The van der Waals surface area contributed by atoms with Gasteiger partial charge in [0.05, 0.1) is 0 Å². The average Bonchev–Trinajstić information content (AvgIpc) is 2.29. The van der Waals surface area contributed by atoms with E-state index in [0.29, 0.717) is 6.04 Å². The van der Waals surface area contributed by atoms with Crippen LogP contribution in [0.25, 0.3) is 0 Å². The smallest absolute Gasteiger partial charge is 0.0195 e. The second-order valence-electron chi connectivity index (χ2n) is 5.71. The van der Waals surface area contributed by atoms with Crippen LogP contribution in [0.1, 0.15) is 53.4 Å². The predicted molar refractivity (Wildman–Crippen MR) is 71.8 cm³/mol. The summed E-state index contributed by atoms with van der Waals surface area (Å²) in [6.45, 7) is 13.0. The lowest BCUT2D eigenvalue weighted by Gasteiger charge is -2.34. The van der Waals surface area contributed by atoms with Gasteiger partial charge in [-0.15, -0.1) is 0 Å². The Morgan fingerprint density at radius 2 is 2.00 bits per heavy atom. The zero-order valence-corrected chi connectivity index (χ0v) is 11.6. The first kappa shape index (κ1) is 14.0. The van der Waals surface area contributed by atoms with Gasteiger partial charge in [0.15, 0.2) is 0 Å². The van der Waals surface area contributed by atoms with Crippen molar-refractivity contribution in [2.75, 3.05) is 19.6 Å². The normalized spacial score (nSPS) is 24.0. The molecule has 0 bridgehead atoms. The molecule has 1 fully saturated rings. The Balaban J connectivity index is 2.37. The Bertz CT molecular complexity index is 174. The van der Waals surface area contributed by atoms with Crippen LogP contribution < -0.4 is 5.32 Å². The van der Waals surface area contributed by atoms with Crippen molar-refractivity contribution in [2.24, 2.45) is 5.92 Å². The summed E-state index contributed by atoms with van der Waals surface area (Å²) in [5.41, 5.74) is 0. The molecule has 0 spiro atoms. The highest BCUT2D eigenvalue weighted by Crippen LogP contribution is 2.13. The minimum absolute atomic E-state index is 0.678. The standard InChI is InChI=1S/C14H30N2/c1-5-13(4)10-16(12(2)3)11-14-8-6-7-9-15-14/h12-15H,5-11H2,1-4H3. The molecule has 0 saturated carbocycles. The highest BCUT2D eigenvalue weighted by molar-refractivity contribution is 4.78. The SMILES string of the molecule is CCC(C)CN(CC1CCCCN1)C(C)C. The monoisotopic (exact) mass is 226 g/mol. The summed E-state index contributed by atoms with van der Waals surface area (Å²) in [5, 5.41) is 3.65. The molecule has 1 aliphatic heterocycles. The van der Waals surface area contributed by atoms with E-state index in [1.165, 1.54) is 45.3 Å². The van der Waals surface area contributed by atoms with E-state index in [1.54, 1.807) is 0 Å². The minimum atomic E-state index is 0.678. The summed E-state index contributed by atoms with van der Waals surface area (Å²) in [6.07, 6.45) is 5.43. The molecule has 2 atom stereocenters. The fourth-order valence-electron chi connectivity index (χ4n) is 2.39. The fraction of sp³-hybridized carbons (Fsp3) is 1.00. The quantitative estimate of drug-likeness (QED) is 0.749. The average molecular weight is 226 g/mol. The van der Waals surface area contributed by atoms with Gasteiger partial charge in [-0.25, -0.2) is 0 Å². The van der Waals surface area contributed by atoms with Gasteiger partial charge in [0.1, 0.15) is 0 Å². The topological polar surface area (TPSA) is 15.3 Å². The van der Waals surface area contributed by atoms with Crippen molar-refractivity contribution in [3.8, 4) is 0 Å². The number of nitrogens with zero attached hydrogens (tertiary/aromatic N) is 1. The summed E-state index contributed by atoms with van der Waals surface area (Å²) in [6, 6.07) is 1.41. The highest BCUT2D eigenvalue weighted by atomic mass is 15.2. The molecule has 1 aliphatic rings. The van der Waals surface area contributed by atoms with Gasteiger partial charge in [0.25, 0.3) is 0 Å². The summed E-state index contributed by atoms with van der Waals surface area (Å²) in [7, 11) is 0. The van der Waals surface area contributed by atoms with Crippen LogP contribution in [0, 0.1) is 5.92 Å². The maximum absolute atomic E-state index is 3.65. The van der Waals surface area contributed by atoms with Crippen LogP contribution in [-0.2, 0) is 0 Å². The van der Waals surface area contributed by atoms with Gasteiger partial charge in [0, 0.05) is 25.2 Å². The number of piperidine rings is 1. The number of nitrogens with one attached hydrogen (secondary N) is 1. The third kappa shape index (κ3) is 4.84. The largest absolute Gasteiger partial charge is 0.313 e. The molecule has 0 aromatic carbocycles. The summed E-state index contributed by atoms with van der Waals surface area (Å²) < 4.78 is 0. The summed E-state index contributed by atoms with van der Waals surface area (Å²) in [5.74, 6) is 0.825. The molecule has 0 aromatic heterocycles. The molecule has 96 valence electrons. The van der Waals surface area contributed by atoms with Crippen molar-refractivity contribution in [1.82, 2.24) is 10.2 Å². The van der Waals surface area contributed by atoms with E-state index in [9.17, 15) is 0 Å². The van der Waals surface area contributed by atoms with E-state index in [4.69, 9.17) is 0 Å². The molecule has 2 unspecified atom stereocenters. The number of hydrogen-bond donors (Lipinski definition) is 1. The van der Waals surface area contributed by atoms with Crippen LogP contribution in [0.3, 0.4) is 0 Å². The molecule has 2 heteroatoms. The second-order valence-corrected chi connectivity index (χ2v) is 5.71. The van der Waals surface area contributed by atoms with Gasteiger partial charge < -0.3 is 5.32 Å². The third-order valence-corrected chi connectivity index (χ3v) is 3.84. The van der Waals surface area contributed by atoms with Crippen molar-refractivity contribution in [1.29, 1.82) is 0 Å². The third-order valence-electron chi connectivity index (χ3n) is 3.84. The lowest BCUT2D eigenvalue weighted by molar-refractivity contribution is 0.161. The van der Waals surface area contributed by atoms with Crippen LogP contribution in [0.4, 0.5) is 0 Å². The van der Waals surface area contributed by atoms with Crippen molar-refractivity contribution in [3.63, 3.8) is 0 Å². The minimum Gasteiger partial charge on any atom is -0.313 e. The molecule has 1 saturated heterocycles. The Kier molecular flexibility index (Phi) is 6.37. The number of hydrogen-bond acceptors (Lipinski definition) is 2. The van der Waals surface area contributed by atoms with Crippen LogP contribution >= 0.6 is 0 Å². The first-order valence-corrected chi connectivity index (χ1v) is 7.11. The van der Waals surface area contributed by atoms with Crippen molar-refractivity contribution in [2.45, 2.75) is 65.5 Å². The Labute approximate surface area is 102 Å². The molecule has 1 N–H and O–H groups in total. The van der Waals surface area contributed by atoms with E-state index < -0.39 is 0 Å². The summed E-state index contributed by atoms with van der Waals surface area (Å²) in [4.78, 5) is 2.65. The molecule has 0 amide bonds. The van der Waals surface area contributed by atoms with Gasteiger partial charge in [0.2, 0.25) is 0 Å². The molecule has 1 rings (SSSR count). The molecule has 0 radical (unpaired) electrons. The van der Waals surface area contributed by atoms with E-state index in [1.807, 2.05) is 0 Å². The van der Waals surface area contributed by atoms with Gasteiger partial charge in [-0.3, -0.25) is 4.90 Å². The lowest BCUT2D eigenvalue weighted by atomic mass is 10.0. The summed E-state index contributed by atoms with van der Waals surface area (Å²) >= 11 is 0. The van der Waals surface area contributed by atoms with Gasteiger partial charge in [-0.05, 0) is 39.2 Å². The molecule has 1 heterocycles. The molecule has 2 nitrogen and oxygen atoms in total. The van der Waals surface area contributed by atoms with E-state index in [0.717, 1.165) is 12.0 Å². The van der Waals surface area contributed by atoms with Crippen molar-refractivity contribution < 1.29 is 0 Å². The first-order valence-electron chi connectivity index (χ1n) is 7.11. The van der Waals surface area contributed by atoms with Gasteiger partial charge >= 0.3 is 0 Å². The van der Waals surface area contributed by atoms with E-state index in [2.05, 4.69) is 37.9 Å². The second kappa shape index (κ2) is 7.29. The molecular weight excluding hydrogens is 196 g/mol. The molecule has 0 aromatic rings. The molecular formula is C14H30N2. The maximum Gasteiger partial charge on any atom is 0.0195 e. The molecule has 16 heavy (non-hydrogen) atoms. The highest BCUT2D eigenvalue weighted by Gasteiger charge is 2.19. The zero-order valence-electron chi connectivity index (χ0n) is 11.6. The van der Waals surface area contributed by atoms with Crippen LogP contribution in [-0.4, -0.2) is 36.6 Å². The van der Waals surface area contributed by atoms with Crippen LogP contribution in [0.15, 0.2) is 0 Å². The van der Waals surface area contributed by atoms with Crippen molar-refractivity contribution >= 4 is 0 Å². The Morgan fingerprint density at radius 1 is 1.25 bits per heavy atom. The first-order chi connectivity index (χ1) is 7.63. The fourth-order valence-corrected chi connectivity index (χ4v) is 2.39. The van der Waals surface area contributed by atoms with E-state index >= 15 is 0 Å². The zero-order chi connectivity index (χ0) is 12.0. The van der Waals surface area contributed by atoms with Crippen molar-refractivity contribution in [3.05, 3.63) is 0 Å². The predicted octanol–water partition coefficient (Wildman–Crippen LogP) is 2.89. The van der Waals surface area contributed by atoms with Gasteiger partial charge in [-0.2, -0.15) is 0 Å². The Morgan fingerprint density at radius 3 is 2.50 bits per heavy atom. The van der Waals surface area contributed by atoms with Crippen LogP contribution in [0.2, 0.25) is 0 Å². The Hall–Kier alpha value is -0.0800. The number of rotatable bonds is 6. The van der Waals surface area contributed by atoms with E-state index in [-0.39, 0.29) is 0 Å². The molecule has 0 aliphatic carbocycles. The maximum atomic E-state index is 3.65. The van der Waals surface area contributed by atoms with Crippen LogP contribution in [0.5, 0.6) is 0 Å².